The Morgan fingerprint density at radius 2 is 2.50 bits per heavy atom. The fourth-order valence-corrected chi connectivity index (χ4v) is 1.93. The Hall–Kier alpha value is -0.830. The minimum Gasteiger partial charge on any atom is -0.267 e. The number of fused-ring (bicyclic) bond motifs is 1. The van der Waals surface area contributed by atoms with Gasteiger partial charge in [-0.2, -0.15) is 0 Å². The smallest absolute Gasteiger partial charge is 0.267 e. The van der Waals surface area contributed by atoms with Crippen LogP contribution in [-0.4, -0.2) is 12.5 Å². The topological polar surface area (TPSA) is 31.2 Å². The van der Waals surface area contributed by atoms with Gasteiger partial charge in [0.1, 0.15) is 0 Å². The Labute approximate surface area is 62.9 Å². The lowest BCUT2D eigenvalue weighted by atomic mass is 10.1. The highest BCUT2D eigenvalue weighted by molar-refractivity contribution is 7.10. The number of nitrogens with zero attached hydrogens (tertiary/aromatic N) is 1. The van der Waals surface area contributed by atoms with Gasteiger partial charge in [0.2, 0.25) is 0 Å². The molecule has 0 aliphatic carbocycles. The number of hydrogen-bond donors (Lipinski definition) is 0. The van der Waals surface area contributed by atoms with Crippen LogP contribution in [0.2, 0.25) is 0 Å². The van der Waals surface area contributed by atoms with E-state index in [1.807, 2.05) is 11.4 Å². The third-order valence-corrected chi connectivity index (χ3v) is 2.55. The summed E-state index contributed by atoms with van der Waals surface area (Å²) in [5, 5.41) is 5.76. The summed E-state index contributed by atoms with van der Waals surface area (Å²) < 4.78 is 0. The van der Waals surface area contributed by atoms with Crippen LogP contribution in [0, 0.1) is 0 Å². The second-order valence-electron chi connectivity index (χ2n) is 2.19. The lowest BCUT2D eigenvalue weighted by Crippen LogP contribution is -2.23. The molecule has 0 N–H and O–H groups in total. The molecule has 51 valence electrons. The van der Waals surface area contributed by atoms with E-state index in [1.54, 1.807) is 11.3 Å². The Morgan fingerprint density at radius 1 is 1.60 bits per heavy atom. The van der Waals surface area contributed by atoms with Gasteiger partial charge in [0.25, 0.3) is 5.91 Å². The van der Waals surface area contributed by atoms with Crippen LogP contribution in [0.3, 0.4) is 0 Å². The zero-order chi connectivity index (χ0) is 6.97. The fourth-order valence-electron chi connectivity index (χ4n) is 1.07. The molecule has 0 atom stereocenters. The minimum absolute atomic E-state index is 0.0394. The second kappa shape index (κ2) is 2.09. The molecule has 0 unspecified atom stereocenters. The molecule has 2 nitrogen and oxygen atoms in total. The first kappa shape index (κ1) is 5.92. The van der Waals surface area contributed by atoms with E-state index in [-0.39, 0.29) is 5.91 Å². The molecule has 1 aromatic heterocycles. The van der Waals surface area contributed by atoms with Gasteiger partial charge < -0.3 is 0 Å². The molecule has 2 rings (SSSR count). The highest BCUT2D eigenvalue weighted by Crippen LogP contribution is 2.19. The normalized spacial score (nSPS) is 16.2. The predicted molar refractivity (Wildman–Crippen MR) is 39.4 cm³/mol. The number of amides is 1. The van der Waals surface area contributed by atoms with Gasteiger partial charge in [-0.3, -0.25) is 4.79 Å². The highest BCUT2D eigenvalue weighted by Gasteiger charge is 2.17. The van der Waals surface area contributed by atoms with Gasteiger partial charge >= 0.3 is 0 Å². The van der Waals surface area contributed by atoms with Gasteiger partial charge in [0.05, 0.1) is 5.56 Å². The highest BCUT2D eigenvalue weighted by atomic mass is 32.1. The molecular formula is C7H6NOS. The van der Waals surface area contributed by atoms with Crippen LogP contribution in [0.5, 0.6) is 0 Å². The molecule has 0 spiro atoms. The van der Waals surface area contributed by atoms with Crippen molar-refractivity contribution in [2.24, 2.45) is 0 Å². The minimum atomic E-state index is -0.0394. The molecule has 1 amide bonds. The average molecular weight is 152 g/mol. The van der Waals surface area contributed by atoms with E-state index in [4.69, 9.17) is 0 Å². The van der Waals surface area contributed by atoms with Gasteiger partial charge in [-0.15, -0.1) is 11.3 Å². The summed E-state index contributed by atoms with van der Waals surface area (Å²) in [5.74, 6) is -0.0394. The van der Waals surface area contributed by atoms with Crippen LogP contribution < -0.4 is 5.32 Å². The van der Waals surface area contributed by atoms with Crippen molar-refractivity contribution in [3.8, 4) is 0 Å². The van der Waals surface area contributed by atoms with Crippen LogP contribution in [0.15, 0.2) is 11.4 Å². The van der Waals surface area contributed by atoms with Crippen molar-refractivity contribution in [1.82, 2.24) is 5.32 Å². The molecule has 0 fully saturated rings. The van der Waals surface area contributed by atoms with E-state index < -0.39 is 0 Å². The number of hydrogen-bond acceptors (Lipinski definition) is 2. The first-order valence-electron chi connectivity index (χ1n) is 3.16. The van der Waals surface area contributed by atoms with E-state index in [1.165, 1.54) is 4.88 Å². The van der Waals surface area contributed by atoms with E-state index >= 15 is 0 Å². The van der Waals surface area contributed by atoms with Crippen LogP contribution in [0.25, 0.3) is 0 Å². The van der Waals surface area contributed by atoms with Crippen molar-refractivity contribution in [2.45, 2.75) is 6.42 Å². The second-order valence-corrected chi connectivity index (χ2v) is 3.19. The summed E-state index contributed by atoms with van der Waals surface area (Å²) in [6.07, 6.45) is 0.943. The van der Waals surface area contributed by atoms with Crippen molar-refractivity contribution >= 4 is 17.2 Å². The van der Waals surface area contributed by atoms with Gasteiger partial charge in [-0.25, -0.2) is 5.32 Å². The molecule has 1 aliphatic rings. The quantitative estimate of drug-likeness (QED) is 0.546. The molecule has 1 radical (unpaired) electrons. The first-order valence-corrected chi connectivity index (χ1v) is 4.04. The maximum absolute atomic E-state index is 11.0. The standard InChI is InChI=1S/C7H6NOS/c9-7-5-2-4-10-6(5)1-3-8-7/h2,4H,1,3H2. The Morgan fingerprint density at radius 3 is 3.30 bits per heavy atom. The maximum Gasteiger partial charge on any atom is 0.273 e. The number of rotatable bonds is 0. The molecular weight excluding hydrogens is 146 g/mol. The summed E-state index contributed by atoms with van der Waals surface area (Å²) in [6.45, 7) is 0.673. The predicted octanol–water partition coefficient (Wildman–Crippen LogP) is 1.05. The first-order chi connectivity index (χ1) is 4.88. The lowest BCUT2D eigenvalue weighted by Gasteiger charge is -2.07. The van der Waals surface area contributed by atoms with E-state index in [0.717, 1.165) is 12.0 Å². The Kier molecular flexibility index (Phi) is 1.24. The molecule has 3 heteroatoms. The molecule has 1 aromatic rings. The SMILES string of the molecule is O=C1[N]CCc2sccc21. The Bertz CT molecular complexity index is 266. The van der Waals surface area contributed by atoms with Crippen molar-refractivity contribution in [3.05, 3.63) is 21.9 Å². The number of thiophene rings is 1. The Balaban J connectivity index is 2.50. The average Bonchev–Trinajstić information content (AvgIpc) is 2.36. The molecule has 10 heavy (non-hydrogen) atoms. The zero-order valence-electron chi connectivity index (χ0n) is 5.33. The van der Waals surface area contributed by atoms with Crippen molar-refractivity contribution < 1.29 is 4.79 Å². The monoisotopic (exact) mass is 152 g/mol. The molecule has 2 heterocycles. The number of carbonyl (C=O) groups excluding carboxylic acids is 1. The van der Waals surface area contributed by atoms with Crippen LogP contribution in [0.4, 0.5) is 0 Å². The van der Waals surface area contributed by atoms with Crippen molar-refractivity contribution in [2.75, 3.05) is 6.54 Å². The van der Waals surface area contributed by atoms with Crippen molar-refractivity contribution in [1.29, 1.82) is 0 Å². The third-order valence-electron chi connectivity index (χ3n) is 1.57. The summed E-state index contributed by atoms with van der Waals surface area (Å²) in [7, 11) is 0. The van der Waals surface area contributed by atoms with Gasteiger partial charge in [-0.1, -0.05) is 0 Å². The van der Waals surface area contributed by atoms with Crippen LogP contribution in [0.1, 0.15) is 15.2 Å². The van der Waals surface area contributed by atoms with Crippen LogP contribution >= 0.6 is 11.3 Å². The van der Waals surface area contributed by atoms with Gasteiger partial charge in [-0.05, 0) is 11.4 Å². The largest absolute Gasteiger partial charge is 0.273 e. The van der Waals surface area contributed by atoms with E-state index in [9.17, 15) is 4.79 Å². The summed E-state index contributed by atoms with van der Waals surface area (Å²) >= 11 is 1.65. The molecule has 1 aliphatic heterocycles. The lowest BCUT2D eigenvalue weighted by molar-refractivity contribution is 0.0942. The molecule has 0 saturated carbocycles. The summed E-state index contributed by atoms with van der Waals surface area (Å²) in [5.41, 5.74) is 0.816. The van der Waals surface area contributed by atoms with Crippen LogP contribution in [-0.2, 0) is 6.42 Å². The van der Waals surface area contributed by atoms with E-state index in [0.29, 0.717) is 6.54 Å². The fraction of sp³-hybridized carbons (Fsp3) is 0.286. The van der Waals surface area contributed by atoms with Crippen molar-refractivity contribution in [3.63, 3.8) is 0 Å². The molecule has 0 saturated heterocycles. The molecule has 0 bridgehead atoms. The summed E-state index contributed by atoms with van der Waals surface area (Å²) in [4.78, 5) is 12.2. The molecule has 0 aromatic carbocycles. The number of carbonyl (C=O) groups is 1. The maximum atomic E-state index is 11.0. The third kappa shape index (κ3) is 0.743. The van der Waals surface area contributed by atoms with E-state index in [2.05, 4.69) is 5.32 Å². The van der Waals surface area contributed by atoms with Gasteiger partial charge in [0, 0.05) is 17.8 Å². The van der Waals surface area contributed by atoms with Gasteiger partial charge in [0.15, 0.2) is 0 Å². The summed E-state index contributed by atoms with van der Waals surface area (Å²) in [6, 6.07) is 1.85. The zero-order valence-corrected chi connectivity index (χ0v) is 6.15.